The highest BCUT2D eigenvalue weighted by atomic mass is 35.5. The van der Waals surface area contributed by atoms with Crippen LogP contribution in [0.2, 0.25) is 15.1 Å². The second kappa shape index (κ2) is 9.90. The van der Waals surface area contributed by atoms with Gasteiger partial charge in [0.05, 0.1) is 13.2 Å². The van der Waals surface area contributed by atoms with Crippen molar-refractivity contribution < 1.29 is 23.7 Å². The summed E-state index contributed by atoms with van der Waals surface area (Å²) in [6, 6.07) is 16.2. The van der Waals surface area contributed by atoms with Crippen molar-refractivity contribution in [2.45, 2.75) is 20.1 Å². The van der Waals surface area contributed by atoms with Crippen molar-refractivity contribution in [1.82, 2.24) is 4.57 Å². The third kappa shape index (κ3) is 4.74. The Morgan fingerprint density at radius 3 is 2.46 bits per heavy atom. The minimum atomic E-state index is -0.425. The molecule has 180 valence electrons. The molecule has 9 heteroatoms. The van der Waals surface area contributed by atoms with Gasteiger partial charge >= 0.3 is 5.97 Å². The van der Waals surface area contributed by atoms with E-state index in [0.29, 0.717) is 50.1 Å². The standard InChI is InChI=1S/C26H20Cl3NO5/c1-2-32-26(31)23-9-15-8-17(33-13-18-19(27)4-3-5-20(18)28)6-7-22(15)30(23)12-16-10-24-25(11-21(16)29)35-14-34-24/h3-11H,2,12-14H2,1H3. The normalized spacial score (nSPS) is 12.2. The molecule has 0 amide bonds. The van der Waals surface area contributed by atoms with Gasteiger partial charge in [0.1, 0.15) is 18.1 Å². The summed E-state index contributed by atoms with van der Waals surface area (Å²) in [6.45, 7) is 2.73. The summed E-state index contributed by atoms with van der Waals surface area (Å²) < 4.78 is 24.0. The maximum Gasteiger partial charge on any atom is 0.354 e. The molecule has 0 radical (unpaired) electrons. The third-order valence-electron chi connectivity index (χ3n) is 5.67. The van der Waals surface area contributed by atoms with Crippen LogP contribution in [0.5, 0.6) is 17.2 Å². The summed E-state index contributed by atoms with van der Waals surface area (Å²) >= 11 is 19.0. The highest BCUT2D eigenvalue weighted by Gasteiger charge is 2.21. The van der Waals surface area contributed by atoms with E-state index in [2.05, 4.69) is 0 Å². The Balaban J connectivity index is 1.49. The molecule has 0 fully saturated rings. The first-order valence-electron chi connectivity index (χ1n) is 10.9. The number of nitrogens with zero attached hydrogens (tertiary/aromatic N) is 1. The molecule has 0 spiro atoms. The summed E-state index contributed by atoms with van der Waals surface area (Å²) in [7, 11) is 0. The van der Waals surface area contributed by atoms with Crippen LogP contribution in [0.4, 0.5) is 0 Å². The number of halogens is 3. The van der Waals surface area contributed by atoms with Gasteiger partial charge in [0.15, 0.2) is 11.5 Å². The van der Waals surface area contributed by atoms with E-state index >= 15 is 0 Å². The second-order valence-corrected chi connectivity index (χ2v) is 9.06. The van der Waals surface area contributed by atoms with Crippen LogP contribution in [0.3, 0.4) is 0 Å². The molecule has 0 aliphatic carbocycles. The maximum absolute atomic E-state index is 12.8. The molecule has 6 nitrogen and oxygen atoms in total. The maximum atomic E-state index is 12.8. The topological polar surface area (TPSA) is 58.9 Å². The van der Waals surface area contributed by atoms with Gasteiger partial charge in [-0.1, -0.05) is 40.9 Å². The van der Waals surface area contributed by atoms with Gasteiger partial charge in [-0.25, -0.2) is 4.79 Å². The molecule has 3 aromatic carbocycles. The summed E-state index contributed by atoms with van der Waals surface area (Å²) in [6.07, 6.45) is 0. The molecule has 0 bridgehead atoms. The average Bonchev–Trinajstić information content (AvgIpc) is 3.43. The molecule has 0 saturated heterocycles. The Morgan fingerprint density at radius 2 is 1.71 bits per heavy atom. The van der Waals surface area contributed by atoms with Gasteiger partial charge in [-0.05, 0) is 55.0 Å². The van der Waals surface area contributed by atoms with Crippen LogP contribution < -0.4 is 14.2 Å². The molecule has 0 unspecified atom stereocenters. The second-order valence-electron chi connectivity index (χ2n) is 7.84. The Kier molecular flexibility index (Phi) is 6.69. The van der Waals surface area contributed by atoms with Crippen LogP contribution in [-0.4, -0.2) is 23.9 Å². The number of ether oxygens (including phenoxy) is 4. The highest BCUT2D eigenvalue weighted by Crippen LogP contribution is 2.38. The number of carbonyl (C=O) groups is 1. The molecule has 1 aliphatic heterocycles. The Hall–Kier alpha value is -3.06. The summed E-state index contributed by atoms with van der Waals surface area (Å²) in [5.74, 6) is 1.41. The van der Waals surface area contributed by atoms with Crippen LogP contribution in [0.15, 0.2) is 54.6 Å². The molecule has 5 rings (SSSR count). The first kappa shape index (κ1) is 23.7. The first-order valence-corrected chi connectivity index (χ1v) is 12.0. The van der Waals surface area contributed by atoms with E-state index < -0.39 is 5.97 Å². The van der Waals surface area contributed by atoms with Crippen molar-refractivity contribution in [3.05, 3.63) is 86.5 Å². The molecule has 4 aromatic rings. The van der Waals surface area contributed by atoms with Gasteiger partial charge in [0, 0.05) is 37.6 Å². The predicted octanol–water partition coefficient (Wildman–Crippen LogP) is 7.13. The minimum absolute atomic E-state index is 0.151. The molecular formula is C26H20Cl3NO5. The van der Waals surface area contributed by atoms with Crippen molar-refractivity contribution >= 4 is 51.7 Å². The molecule has 0 saturated carbocycles. The highest BCUT2D eigenvalue weighted by molar-refractivity contribution is 6.36. The largest absolute Gasteiger partial charge is 0.489 e. The van der Waals surface area contributed by atoms with E-state index in [1.807, 2.05) is 28.8 Å². The number of benzene rings is 3. The average molecular weight is 533 g/mol. The lowest BCUT2D eigenvalue weighted by molar-refractivity contribution is 0.0515. The predicted molar refractivity (Wildman–Crippen MR) is 135 cm³/mol. The van der Waals surface area contributed by atoms with Gasteiger partial charge in [-0.15, -0.1) is 0 Å². The fourth-order valence-corrected chi connectivity index (χ4v) is 4.68. The molecule has 0 N–H and O–H groups in total. The fraction of sp³-hybridized carbons (Fsp3) is 0.192. The molecule has 35 heavy (non-hydrogen) atoms. The Labute approximate surface area is 216 Å². The number of fused-ring (bicyclic) bond motifs is 2. The van der Waals surface area contributed by atoms with E-state index in [1.165, 1.54) is 0 Å². The van der Waals surface area contributed by atoms with E-state index in [1.54, 1.807) is 37.3 Å². The fourth-order valence-electron chi connectivity index (χ4n) is 3.96. The molecule has 0 atom stereocenters. The van der Waals surface area contributed by atoms with Crippen LogP contribution in [0.25, 0.3) is 10.9 Å². The lowest BCUT2D eigenvalue weighted by Gasteiger charge is -2.13. The van der Waals surface area contributed by atoms with Gasteiger partial charge in [-0.2, -0.15) is 0 Å². The van der Waals surface area contributed by atoms with Crippen molar-refractivity contribution in [3.63, 3.8) is 0 Å². The quantitative estimate of drug-likeness (QED) is 0.237. The van der Waals surface area contributed by atoms with Crippen LogP contribution in [0, 0.1) is 0 Å². The number of carbonyl (C=O) groups excluding carboxylic acids is 1. The number of hydrogen-bond donors (Lipinski definition) is 0. The number of rotatable bonds is 7. The van der Waals surface area contributed by atoms with Gasteiger partial charge in [-0.3, -0.25) is 0 Å². The zero-order chi connectivity index (χ0) is 24.5. The molecule has 1 aromatic heterocycles. The lowest BCUT2D eigenvalue weighted by atomic mass is 10.2. The van der Waals surface area contributed by atoms with Crippen LogP contribution >= 0.6 is 34.8 Å². The van der Waals surface area contributed by atoms with Crippen molar-refractivity contribution in [2.75, 3.05) is 13.4 Å². The third-order valence-corrected chi connectivity index (χ3v) is 6.73. The summed E-state index contributed by atoms with van der Waals surface area (Å²) in [4.78, 5) is 12.8. The van der Waals surface area contributed by atoms with Crippen molar-refractivity contribution in [2.24, 2.45) is 0 Å². The van der Waals surface area contributed by atoms with Crippen LogP contribution in [0.1, 0.15) is 28.5 Å². The number of hydrogen-bond acceptors (Lipinski definition) is 5. The van der Waals surface area contributed by atoms with Crippen molar-refractivity contribution in [3.8, 4) is 17.2 Å². The molecular weight excluding hydrogens is 513 g/mol. The number of esters is 1. The van der Waals surface area contributed by atoms with Gasteiger partial charge in [0.25, 0.3) is 0 Å². The minimum Gasteiger partial charge on any atom is -0.489 e. The van der Waals surface area contributed by atoms with E-state index in [-0.39, 0.29) is 20.0 Å². The van der Waals surface area contributed by atoms with E-state index in [4.69, 9.17) is 53.8 Å². The molecule has 1 aliphatic rings. The van der Waals surface area contributed by atoms with E-state index in [9.17, 15) is 4.79 Å². The van der Waals surface area contributed by atoms with Crippen molar-refractivity contribution in [1.29, 1.82) is 0 Å². The monoisotopic (exact) mass is 531 g/mol. The van der Waals surface area contributed by atoms with E-state index in [0.717, 1.165) is 16.5 Å². The van der Waals surface area contributed by atoms with Gasteiger partial charge in [0.2, 0.25) is 6.79 Å². The summed E-state index contributed by atoms with van der Waals surface area (Å²) in [5.41, 5.74) is 2.72. The van der Waals surface area contributed by atoms with Crippen LogP contribution in [-0.2, 0) is 17.9 Å². The first-order chi connectivity index (χ1) is 16.9. The zero-order valence-corrected chi connectivity index (χ0v) is 20.9. The SMILES string of the molecule is CCOC(=O)c1cc2cc(OCc3c(Cl)cccc3Cl)ccc2n1Cc1cc2c(cc1Cl)OCO2. The number of aromatic nitrogens is 1. The smallest absolute Gasteiger partial charge is 0.354 e. The van der Waals surface area contributed by atoms with Gasteiger partial charge < -0.3 is 23.5 Å². The molecule has 2 heterocycles. The summed E-state index contributed by atoms with van der Waals surface area (Å²) in [5, 5.41) is 2.40. The zero-order valence-electron chi connectivity index (χ0n) is 18.6. The Morgan fingerprint density at radius 1 is 0.971 bits per heavy atom. The Bertz CT molecular complexity index is 1410. The lowest BCUT2D eigenvalue weighted by Crippen LogP contribution is -2.13.